The number of aryl methyl sites for hydroxylation is 2. The smallest absolute Gasteiger partial charge is 0.160 e. The molecule has 0 aliphatic heterocycles. The molecule has 0 saturated heterocycles. The summed E-state index contributed by atoms with van der Waals surface area (Å²) in [6.07, 6.45) is 6.87. The highest BCUT2D eigenvalue weighted by atomic mass is 16.1. The van der Waals surface area contributed by atoms with Gasteiger partial charge in [-0.2, -0.15) is 0 Å². The summed E-state index contributed by atoms with van der Waals surface area (Å²) in [5.41, 5.74) is 4.57. The first kappa shape index (κ1) is 12.9. The number of carbonyl (C=O) groups is 1. The minimum atomic E-state index is 0.309. The fourth-order valence-corrected chi connectivity index (χ4v) is 2.23. The van der Waals surface area contributed by atoms with E-state index in [1.54, 1.807) is 0 Å². The zero-order valence-corrected chi connectivity index (χ0v) is 11.3. The molecule has 1 aliphatic carbocycles. The van der Waals surface area contributed by atoms with Gasteiger partial charge in [0, 0.05) is 23.9 Å². The number of anilines is 1. The maximum atomic E-state index is 11.8. The fourth-order valence-electron chi connectivity index (χ4n) is 2.23. The molecule has 2 heteroatoms. The van der Waals surface area contributed by atoms with E-state index in [2.05, 4.69) is 37.4 Å². The van der Waals surface area contributed by atoms with Crippen molar-refractivity contribution in [2.75, 3.05) is 5.32 Å². The van der Waals surface area contributed by atoms with Gasteiger partial charge in [0.1, 0.15) is 0 Å². The molecule has 0 spiro atoms. The minimum absolute atomic E-state index is 0.309. The van der Waals surface area contributed by atoms with Gasteiger partial charge in [0.2, 0.25) is 0 Å². The molecule has 18 heavy (non-hydrogen) atoms. The van der Waals surface area contributed by atoms with Crippen molar-refractivity contribution in [1.82, 2.24) is 0 Å². The average molecular weight is 243 g/mol. The Morgan fingerprint density at radius 2 is 1.83 bits per heavy atom. The lowest BCUT2D eigenvalue weighted by molar-refractivity contribution is -0.115. The zero-order chi connectivity index (χ0) is 13.0. The van der Waals surface area contributed by atoms with Gasteiger partial charge in [-0.15, -0.1) is 0 Å². The number of carbonyl (C=O) groups excluding carboxylic acids is 1. The van der Waals surface area contributed by atoms with Crippen LogP contribution < -0.4 is 5.32 Å². The van der Waals surface area contributed by atoms with Gasteiger partial charge >= 0.3 is 0 Å². The number of benzene rings is 1. The molecule has 0 heterocycles. The van der Waals surface area contributed by atoms with Crippen LogP contribution in [0.5, 0.6) is 0 Å². The van der Waals surface area contributed by atoms with E-state index in [0.717, 1.165) is 30.5 Å². The number of rotatable bonds is 2. The Hall–Kier alpha value is -1.57. The van der Waals surface area contributed by atoms with E-state index in [0.29, 0.717) is 12.2 Å². The fraction of sp³-hybridized carbons (Fsp3) is 0.438. The molecular weight excluding hydrogens is 222 g/mol. The van der Waals surface area contributed by atoms with Crippen LogP contribution in [0.25, 0.3) is 0 Å². The zero-order valence-electron chi connectivity index (χ0n) is 11.3. The molecule has 1 aromatic carbocycles. The van der Waals surface area contributed by atoms with Crippen LogP contribution in [-0.2, 0) is 4.79 Å². The quantitative estimate of drug-likeness (QED) is 0.625. The summed E-state index contributed by atoms with van der Waals surface area (Å²) in [6.45, 7) is 4.21. The Bertz CT molecular complexity index is 474. The van der Waals surface area contributed by atoms with Crippen LogP contribution in [0.1, 0.15) is 43.2 Å². The molecule has 0 bridgehead atoms. The molecule has 0 amide bonds. The van der Waals surface area contributed by atoms with Crippen LogP contribution in [0.3, 0.4) is 0 Å². The molecule has 2 rings (SSSR count). The SMILES string of the molecule is Cc1ccc(NC=C2CCCCCC2=O)cc1C. The van der Waals surface area contributed by atoms with E-state index >= 15 is 0 Å². The van der Waals surface area contributed by atoms with E-state index in [1.807, 2.05) is 6.20 Å². The van der Waals surface area contributed by atoms with Crippen molar-refractivity contribution in [3.05, 3.63) is 41.1 Å². The molecule has 1 saturated carbocycles. The van der Waals surface area contributed by atoms with Gasteiger partial charge in [-0.3, -0.25) is 4.79 Å². The molecule has 96 valence electrons. The van der Waals surface area contributed by atoms with Crippen molar-refractivity contribution >= 4 is 11.5 Å². The first-order valence-corrected chi connectivity index (χ1v) is 6.73. The normalized spacial score (nSPS) is 18.8. The predicted octanol–water partition coefficient (Wildman–Crippen LogP) is 4.13. The van der Waals surface area contributed by atoms with Crippen molar-refractivity contribution in [1.29, 1.82) is 0 Å². The largest absolute Gasteiger partial charge is 0.361 e. The van der Waals surface area contributed by atoms with Gasteiger partial charge < -0.3 is 5.32 Å². The molecule has 1 fully saturated rings. The van der Waals surface area contributed by atoms with E-state index in [1.165, 1.54) is 17.5 Å². The third-order valence-electron chi connectivity index (χ3n) is 3.63. The number of hydrogen-bond acceptors (Lipinski definition) is 2. The van der Waals surface area contributed by atoms with Crippen LogP contribution in [0.15, 0.2) is 30.0 Å². The first-order valence-electron chi connectivity index (χ1n) is 6.73. The Morgan fingerprint density at radius 3 is 2.61 bits per heavy atom. The summed E-state index contributed by atoms with van der Waals surface area (Å²) in [4.78, 5) is 11.8. The van der Waals surface area contributed by atoms with Crippen molar-refractivity contribution in [2.45, 2.75) is 46.0 Å². The summed E-state index contributed by atoms with van der Waals surface area (Å²) in [5.74, 6) is 0.309. The van der Waals surface area contributed by atoms with Crippen LogP contribution in [-0.4, -0.2) is 5.78 Å². The summed E-state index contributed by atoms with van der Waals surface area (Å²) >= 11 is 0. The van der Waals surface area contributed by atoms with Gasteiger partial charge in [0.15, 0.2) is 5.78 Å². The first-order chi connectivity index (χ1) is 8.66. The highest BCUT2D eigenvalue weighted by molar-refractivity contribution is 5.95. The van der Waals surface area contributed by atoms with E-state index < -0.39 is 0 Å². The maximum absolute atomic E-state index is 11.8. The van der Waals surface area contributed by atoms with Crippen molar-refractivity contribution in [2.24, 2.45) is 0 Å². The van der Waals surface area contributed by atoms with Crippen LogP contribution in [0.2, 0.25) is 0 Å². The number of allylic oxidation sites excluding steroid dienone is 1. The molecule has 0 atom stereocenters. The van der Waals surface area contributed by atoms with Gasteiger partial charge in [0.25, 0.3) is 0 Å². The predicted molar refractivity (Wildman–Crippen MR) is 75.7 cm³/mol. The van der Waals surface area contributed by atoms with Crippen molar-refractivity contribution in [3.8, 4) is 0 Å². The Kier molecular flexibility index (Phi) is 4.19. The van der Waals surface area contributed by atoms with Gasteiger partial charge in [0.05, 0.1) is 0 Å². The van der Waals surface area contributed by atoms with Crippen LogP contribution in [0, 0.1) is 13.8 Å². The van der Waals surface area contributed by atoms with Gasteiger partial charge in [-0.1, -0.05) is 12.5 Å². The second kappa shape index (κ2) is 5.85. The van der Waals surface area contributed by atoms with Gasteiger partial charge in [-0.25, -0.2) is 0 Å². The Balaban J connectivity index is 2.08. The lowest BCUT2D eigenvalue weighted by atomic mass is 10.1. The van der Waals surface area contributed by atoms with Crippen LogP contribution >= 0.6 is 0 Å². The summed E-state index contributed by atoms with van der Waals surface area (Å²) in [7, 11) is 0. The van der Waals surface area contributed by atoms with E-state index in [9.17, 15) is 4.79 Å². The molecular formula is C16H21NO. The lowest BCUT2D eigenvalue weighted by Crippen LogP contribution is -2.02. The van der Waals surface area contributed by atoms with E-state index in [4.69, 9.17) is 0 Å². The molecule has 1 aromatic rings. The summed E-state index contributed by atoms with van der Waals surface area (Å²) in [6, 6.07) is 6.28. The Labute approximate surface area is 109 Å². The molecule has 0 unspecified atom stereocenters. The molecule has 1 aliphatic rings. The van der Waals surface area contributed by atoms with Crippen molar-refractivity contribution in [3.63, 3.8) is 0 Å². The number of Topliss-reactive ketones (excluding diaryl/α,β-unsaturated/α-hetero) is 1. The topological polar surface area (TPSA) is 29.1 Å². The highest BCUT2D eigenvalue weighted by Crippen LogP contribution is 2.20. The summed E-state index contributed by atoms with van der Waals surface area (Å²) < 4.78 is 0. The van der Waals surface area contributed by atoms with Crippen molar-refractivity contribution < 1.29 is 4.79 Å². The number of hydrogen-bond donors (Lipinski definition) is 1. The second-order valence-corrected chi connectivity index (χ2v) is 5.10. The third-order valence-corrected chi connectivity index (χ3v) is 3.63. The second-order valence-electron chi connectivity index (χ2n) is 5.10. The molecule has 0 radical (unpaired) electrons. The highest BCUT2D eigenvalue weighted by Gasteiger charge is 2.12. The standard InChI is InChI=1S/C16H21NO/c1-12-8-9-15(10-13(12)2)17-11-14-6-4-3-5-7-16(14)18/h8-11,17H,3-7H2,1-2H3. The van der Waals surface area contributed by atoms with E-state index in [-0.39, 0.29) is 0 Å². The lowest BCUT2D eigenvalue weighted by Gasteiger charge is -2.07. The monoisotopic (exact) mass is 243 g/mol. The van der Waals surface area contributed by atoms with Gasteiger partial charge in [-0.05, 0) is 56.4 Å². The van der Waals surface area contributed by atoms with Crippen LogP contribution in [0.4, 0.5) is 5.69 Å². The average Bonchev–Trinajstić information content (AvgIpc) is 2.56. The third kappa shape index (κ3) is 3.22. The molecule has 2 nitrogen and oxygen atoms in total. The maximum Gasteiger partial charge on any atom is 0.160 e. The molecule has 1 N–H and O–H groups in total. The minimum Gasteiger partial charge on any atom is -0.361 e. The number of ketones is 1. The summed E-state index contributed by atoms with van der Waals surface area (Å²) in [5, 5.41) is 3.26. The Morgan fingerprint density at radius 1 is 1.06 bits per heavy atom. The number of nitrogens with one attached hydrogen (secondary N) is 1. The molecule has 0 aromatic heterocycles.